The van der Waals surface area contributed by atoms with E-state index in [4.69, 9.17) is 11.6 Å². The number of carbonyl (C=O) groups is 2. The highest BCUT2D eigenvalue weighted by Crippen LogP contribution is 2.18. The van der Waals surface area contributed by atoms with Crippen molar-refractivity contribution in [1.82, 2.24) is 20.4 Å². The number of aromatic nitrogens is 2. The van der Waals surface area contributed by atoms with Crippen LogP contribution in [-0.4, -0.2) is 52.6 Å². The lowest BCUT2D eigenvalue weighted by molar-refractivity contribution is -0.121. The zero-order valence-corrected chi connectivity index (χ0v) is 18.8. The second-order valence-electron chi connectivity index (χ2n) is 7.55. The largest absolute Gasteiger partial charge is 0.355 e. The van der Waals surface area contributed by atoms with Crippen molar-refractivity contribution >= 4 is 40.4 Å². The number of aryl methyl sites for hydroxylation is 1. The van der Waals surface area contributed by atoms with Crippen LogP contribution in [0, 0.1) is 0 Å². The number of rotatable bonds is 9. The van der Waals surface area contributed by atoms with Crippen molar-refractivity contribution in [3.05, 3.63) is 39.3 Å². The van der Waals surface area contributed by atoms with Crippen LogP contribution in [0.15, 0.2) is 24.3 Å². The Hall–Kier alpha value is -2.03. The van der Waals surface area contributed by atoms with E-state index in [0.29, 0.717) is 47.6 Å². The standard InChI is InChI=1S/C21H28ClN5O2S/c1-15-6-2-3-12-27(15)13-11-23-18(28)9-5-10-19-25-26-21(30-19)20(29)24-17-8-4-7-16(22)14-17/h4,7-8,14-15H,2-3,5-6,9-13H2,1H3,(H,23,28)(H,24,29)/t15-/m1/s1. The molecule has 0 bridgehead atoms. The summed E-state index contributed by atoms with van der Waals surface area (Å²) in [5.41, 5.74) is 0.611. The van der Waals surface area contributed by atoms with Crippen LogP contribution >= 0.6 is 22.9 Å². The fourth-order valence-electron chi connectivity index (χ4n) is 3.51. The van der Waals surface area contributed by atoms with Crippen LogP contribution < -0.4 is 10.6 Å². The van der Waals surface area contributed by atoms with Crippen LogP contribution in [0.25, 0.3) is 0 Å². The molecule has 2 aromatic rings. The second kappa shape index (κ2) is 11.4. The minimum absolute atomic E-state index is 0.0584. The minimum Gasteiger partial charge on any atom is -0.355 e. The molecule has 2 N–H and O–H groups in total. The molecule has 1 saturated heterocycles. The summed E-state index contributed by atoms with van der Waals surface area (Å²) in [6.07, 6.45) is 5.54. The molecule has 0 aliphatic carbocycles. The Morgan fingerprint density at radius 1 is 1.30 bits per heavy atom. The van der Waals surface area contributed by atoms with Gasteiger partial charge in [0.1, 0.15) is 5.01 Å². The zero-order chi connectivity index (χ0) is 21.3. The van der Waals surface area contributed by atoms with Crippen molar-refractivity contribution < 1.29 is 9.59 Å². The van der Waals surface area contributed by atoms with Gasteiger partial charge in [0.15, 0.2) is 0 Å². The van der Waals surface area contributed by atoms with Gasteiger partial charge in [-0.3, -0.25) is 14.5 Å². The topological polar surface area (TPSA) is 87.2 Å². The van der Waals surface area contributed by atoms with E-state index in [0.717, 1.165) is 18.1 Å². The normalized spacial score (nSPS) is 16.9. The number of anilines is 1. The molecule has 0 unspecified atom stereocenters. The summed E-state index contributed by atoms with van der Waals surface area (Å²) >= 11 is 7.17. The number of hydrogen-bond acceptors (Lipinski definition) is 6. The van der Waals surface area contributed by atoms with Crippen LogP contribution in [0.5, 0.6) is 0 Å². The van der Waals surface area contributed by atoms with Gasteiger partial charge in [-0.2, -0.15) is 0 Å². The number of nitrogens with one attached hydrogen (secondary N) is 2. The third-order valence-electron chi connectivity index (χ3n) is 5.20. The number of amides is 2. The molecule has 1 aromatic carbocycles. The lowest BCUT2D eigenvalue weighted by atomic mass is 10.0. The van der Waals surface area contributed by atoms with Gasteiger partial charge >= 0.3 is 0 Å². The molecule has 1 aliphatic rings. The summed E-state index contributed by atoms with van der Waals surface area (Å²) in [7, 11) is 0. The SMILES string of the molecule is C[C@@H]1CCCCN1CCNC(=O)CCCc1nnc(C(=O)Nc2cccc(Cl)c2)s1. The third kappa shape index (κ3) is 7.04. The van der Waals surface area contributed by atoms with E-state index in [1.165, 1.54) is 30.6 Å². The lowest BCUT2D eigenvalue weighted by Crippen LogP contribution is -2.42. The molecule has 3 rings (SSSR count). The highest BCUT2D eigenvalue weighted by molar-refractivity contribution is 7.13. The van der Waals surface area contributed by atoms with Crippen molar-refractivity contribution in [2.45, 2.75) is 51.5 Å². The highest BCUT2D eigenvalue weighted by atomic mass is 35.5. The van der Waals surface area contributed by atoms with Gasteiger partial charge in [0, 0.05) is 42.7 Å². The van der Waals surface area contributed by atoms with Crippen molar-refractivity contribution in [2.24, 2.45) is 0 Å². The average Bonchev–Trinajstić information content (AvgIpc) is 3.19. The molecule has 1 aliphatic heterocycles. The maximum Gasteiger partial charge on any atom is 0.286 e. The first kappa shape index (κ1) is 22.7. The summed E-state index contributed by atoms with van der Waals surface area (Å²) in [6.45, 7) is 4.98. The van der Waals surface area contributed by atoms with Crippen LogP contribution in [0.4, 0.5) is 5.69 Å². The van der Waals surface area contributed by atoms with Crippen molar-refractivity contribution in [3.8, 4) is 0 Å². The van der Waals surface area contributed by atoms with Crippen LogP contribution in [-0.2, 0) is 11.2 Å². The van der Waals surface area contributed by atoms with Crippen molar-refractivity contribution in [1.29, 1.82) is 0 Å². The molecular formula is C21H28ClN5O2S. The van der Waals surface area contributed by atoms with E-state index in [1.54, 1.807) is 24.3 Å². The Morgan fingerprint density at radius 3 is 2.97 bits per heavy atom. The fraction of sp³-hybridized carbons (Fsp3) is 0.524. The van der Waals surface area contributed by atoms with Crippen LogP contribution in [0.3, 0.4) is 0 Å². The van der Waals surface area contributed by atoms with Gasteiger partial charge in [0.25, 0.3) is 5.91 Å². The van der Waals surface area contributed by atoms with Crippen LogP contribution in [0.1, 0.15) is 53.8 Å². The number of likely N-dealkylation sites (tertiary alicyclic amines) is 1. The van der Waals surface area contributed by atoms with Crippen LogP contribution in [0.2, 0.25) is 5.02 Å². The van der Waals surface area contributed by atoms with Crippen molar-refractivity contribution in [3.63, 3.8) is 0 Å². The zero-order valence-electron chi connectivity index (χ0n) is 17.2. The quantitative estimate of drug-likeness (QED) is 0.608. The van der Waals surface area contributed by atoms with Gasteiger partial charge in [0.2, 0.25) is 10.9 Å². The molecule has 7 nitrogen and oxygen atoms in total. The summed E-state index contributed by atoms with van der Waals surface area (Å²) < 4.78 is 0. The monoisotopic (exact) mass is 449 g/mol. The Kier molecular flexibility index (Phi) is 8.60. The fourth-order valence-corrected chi connectivity index (χ4v) is 4.48. The summed E-state index contributed by atoms with van der Waals surface area (Å²) in [5, 5.41) is 15.4. The maximum absolute atomic E-state index is 12.3. The molecule has 0 spiro atoms. The predicted octanol–water partition coefficient (Wildman–Crippen LogP) is 3.76. The maximum atomic E-state index is 12.3. The minimum atomic E-state index is -0.314. The Bertz CT molecular complexity index is 859. The Balaban J connectivity index is 1.34. The van der Waals surface area contributed by atoms with E-state index >= 15 is 0 Å². The molecule has 1 atom stereocenters. The average molecular weight is 450 g/mol. The van der Waals surface area contributed by atoms with E-state index < -0.39 is 0 Å². The van der Waals surface area contributed by atoms with E-state index in [-0.39, 0.29) is 11.8 Å². The molecule has 0 saturated carbocycles. The van der Waals surface area contributed by atoms with Gasteiger partial charge in [-0.1, -0.05) is 35.4 Å². The molecule has 2 heterocycles. The summed E-state index contributed by atoms with van der Waals surface area (Å²) in [4.78, 5) is 26.8. The summed E-state index contributed by atoms with van der Waals surface area (Å²) in [5.74, 6) is -0.256. The van der Waals surface area contributed by atoms with E-state index in [9.17, 15) is 9.59 Å². The highest BCUT2D eigenvalue weighted by Gasteiger charge is 2.17. The number of piperidine rings is 1. The molecule has 1 fully saturated rings. The van der Waals surface area contributed by atoms with Gasteiger partial charge in [-0.15, -0.1) is 10.2 Å². The van der Waals surface area contributed by atoms with E-state index in [2.05, 4.69) is 32.7 Å². The van der Waals surface area contributed by atoms with Gasteiger partial charge < -0.3 is 10.6 Å². The third-order valence-corrected chi connectivity index (χ3v) is 6.42. The predicted molar refractivity (Wildman–Crippen MR) is 120 cm³/mol. The van der Waals surface area contributed by atoms with Gasteiger partial charge in [0.05, 0.1) is 0 Å². The molecule has 1 aromatic heterocycles. The Morgan fingerprint density at radius 2 is 2.17 bits per heavy atom. The number of benzene rings is 1. The van der Waals surface area contributed by atoms with Crippen molar-refractivity contribution in [2.75, 3.05) is 25.0 Å². The molecule has 2 amide bonds. The summed E-state index contributed by atoms with van der Waals surface area (Å²) in [6, 6.07) is 7.55. The molecule has 9 heteroatoms. The Labute approximate surface area is 186 Å². The first-order valence-electron chi connectivity index (χ1n) is 10.4. The smallest absolute Gasteiger partial charge is 0.286 e. The number of nitrogens with zero attached hydrogens (tertiary/aromatic N) is 3. The molecule has 30 heavy (non-hydrogen) atoms. The number of carbonyl (C=O) groups excluding carboxylic acids is 2. The molecule has 162 valence electrons. The number of hydrogen-bond donors (Lipinski definition) is 2. The lowest BCUT2D eigenvalue weighted by Gasteiger charge is -2.33. The number of halogens is 1. The van der Waals surface area contributed by atoms with Gasteiger partial charge in [-0.05, 0) is 50.9 Å². The van der Waals surface area contributed by atoms with E-state index in [1.807, 2.05) is 0 Å². The first-order chi connectivity index (χ1) is 14.5. The second-order valence-corrected chi connectivity index (χ2v) is 9.05. The van der Waals surface area contributed by atoms with Gasteiger partial charge in [-0.25, -0.2) is 0 Å². The first-order valence-corrected chi connectivity index (χ1v) is 11.6. The molecule has 0 radical (unpaired) electrons. The molecular weight excluding hydrogens is 422 g/mol.